The van der Waals surface area contributed by atoms with Crippen LogP contribution in [0.15, 0.2) is 43.0 Å². The lowest BCUT2D eigenvalue weighted by molar-refractivity contribution is 1.33. The number of aromatic nitrogens is 2. The first-order chi connectivity index (χ1) is 6.45. The van der Waals surface area contributed by atoms with Crippen molar-refractivity contribution in [3.8, 4) is 11.1 Å². The van der Waals surface area contributed by atoms with Gasteiger partial charge in [0.1, 0.15) is 0 Å². The molecule has 1 aromatic rings. The van der Waals surface area contributed by atoms with Gasteiger partial charge >= 0.3 is 0 Å². The Morgan fingerprint density at radius 2 is 2.23 bits per heavy atom. The standard InChI is InChI=1S/C11H8N2/c1-3-12-6-10-8(1)5-9-2-4-13-7-11(9)10/h1-7,12H. The van der Waals surface area contributed by atoms with Gasteiger partial charge in [0, 0.05) is 35.7 Å². The van der Waals surface area contributed by atoms with E-state index in [4.69, 9.17) is 0 Å². The summed E-state index contributed by atoms with van der Waals surface area (Å²) in [5, 5.41) is 2.47. The van der Waals surface area contributed by atoms with Crippen molar-refractivity contribution < 1.29 is 0 Å². The molecule has 0 unspecified atom stereocenters. The summed E-state index contributed by atoms with van der Waals surface area (Å²) in [5.41, 5.74) is 2.51. The van der Waals surface area contributed by atoms with Crippen molar-refractivity contribution in [2.75, 3.05) is 0 Å². The largest absolute Gasteiger partial charge is 0.367 e. The SMILES string of the molecule is c1cc2cc3cc[nH]cc-3c2cn1. The van der Waals surface area contributed by atoms with E-state index in [1.54, 1.807) is 0 Å². The van der Waals surface area contributed by atoms with Crippen LogP contribution in [0.4, 0.5) is 0 Å². The smallest absolute Gasteiger partial charge is 0.0353 e. The van der Waals surface area contributed by atoms with Crippen molar-refractivity contribution in [2.24, 2.45) is 0 Å². The van der Waals surface area contributed by atoms with Gasteiger partial charge in [-0.15, -0.1) is 0 Å². The van der Waals surface area contributed by atoms with Crippen molar-refractivity contribution in [1.29, 1.82) is 0 Å². The minimum absolute atomic E-state index is 1.22. The van der Waals surface area contributed by atoms with Crippen LogP contribution >= 0.6 is 0 Å². The van der Waals surface area contributed by atoms with Crippen LogP contribution in [-0.2, 0) is 0 Å². The molecule has 1 N–H and O–H groups in total. The van der Waals surface area contributed by atoms with Gasteiger partial charge in [-0.25, -0.2) is 0 Å². The normalized spacial score (nSPS) is 11.1. The highest BCUT2D eigenvalue weighted by molar-refractivity contribution is 6.01. The van der Waals surface area contributed by atoms with Gasteiger partial charge in [-0.1, -0.05) is 0 Å². The Hall–Kier alpha value is -1.83. The molecule has 2 heterocycles. The molecular weight excluding hydrogens is 160 g/mol. The Balaban J connectivity index is 2.56. The second-order valence-electron chi connectivity index (χ2n) is 3.12. The molecule has 0 saturated carbocycles. The highest BCUT2D eigenvalue weighted by Crippen LogP contribution is 2.31. The van der Waals surface area contributed by atoms with Crippen LogP contribution in [0.2, 0.25) is 0 Å². The Labute approximate surface area is 75.6 Å². The second kappa shape index (κ2) is 2.33. The molecule has 1 aromatic heterocycles. The molecular formula is C11H8N2. The van der Waals surface area contributed by atoms with Gasteiger partial charge in [0.25, 0.3) is 0 Å². The van der Waals surface area contributed by atoms with Crippen molar-refractivity contribution in [3.05, 3.63) is 43.0 Å². The fourth-order valence-electron chi connectivity index (χ4n) is 1.73. The van der Waals surface area contributed by atoms with Crippen LogP contribution in [0.5, 0.6) is 0 Å². The van der Waals surface area contributed by atoms with E-state index in [9.17, 15) is 0 Å². The van der Waals surface area contributed by atoms with Crippen molar-refractivity contribution in [1.82, 2.24) is 9.97 Å². The Morgan fingerprint density at radius 1 is 1.23 bits per heavy atom. The van der Waals surface area contributed by atoms with E-state index < -0.39 is 0 Å². The third kappa shape index (κ3) is 0.855. The van der Waals surface area contributed by atoms with Gasteiger partial charge in [-0.3, -0.25) is 4.98 Å². The molecule has 13 heavy (non-hydrogen) atoms. The van der Waals surface area contributed by atoms with Gasteiger partial charge < -0.3 is 4.98 Å². The first-order valence-corrected chi connectivity index (χ1v) is 4.24. The molecule has 0 atom stereocenters. The quantitative estimate of drug-likeness (QED) is 0.549. The number of H-pyrrole nitrogens is 1. The second-order valence-corrected chi connectivity index (χ2v) is 3.12. The summed E-state index contributed by atoms with van der Waals surface area (Å²) in [6, 6.07) is 6.30. The summed E-state index contributed by atoms with van der Waals surface area (Å²) in [4.78, 5) is 7.21. The first kappa shape index (κ1) is 6.66. The minimum Gasteiger partial charge on any atom is -0.367 e. The van der Waals surface area contributed by atoms with Gasteiger partial charge in [-0.05, 0) is 29.1 Å². The average Bonchev–Trinajstić information content (AvgIpc) is 2.56. The Morgan fingerprint density at radius 3 is 3.23 bits per heavy atom. The molecule has 0 spiro atoms. The number of nitrogens with one attached hydrogen (secondary N) is 1. The van der Waals surface area contributed by atoms with Crippen LogP contribution in [0.1, 0.15) is 0 Å². The van der Waals surface area contributed by atoms with Gasteiger partial charge in [0.2, 0.25) is 0 Å². The van der Waals surface area contributed by atoms with Crippen molar-refractivity contribution >= 4 is 10.8 Å². The maximum Gasteiger partial charge on any atom is 0.0353 e. The third-order valence-corrected chi connectivity index (χ3v) is 2.35. The molecule has 0 bridgehead atoms. The van der Waals surface area contributed by atoms with E-state index in [0.29, 0.717) is 0 Å². The third-order valence-electron chi connectivity index (χ3n) is 2.35. The Bertz CT molecular complexity index is 525. The lowest BCUT2D eigenvalue weighted by atomic mass is 10.1. The summed E-state index contributed by atoms with van der Waals surface area (Å²) in [6.07, 6.45) is 7.68. The zero-order valence-corrected chi connectivity index (χ0v) is 6.99. The average molecular weight is 168 g/mol. The number of hydrogen-bond donors (Lipinski definition) is 1. The molecule has 62 valence electrons. The summed E-state index contributed by atoms with van der Waals surface area (Å²) in [5.74, 6) is 0. The van der Waals surface area contributed by atoms with Crippen molar-refractivity contribution in [3.63, 3.8) is 0 Å². The Kier molecular flexibility index (Phi) is 1.19. The molecule has 2 aliphatic rings. The maximum atomic E-state index is 4.12. The van der Waals surface area contributed by atoms with Gasteiger partial charge in [0.15, 0.2) is 0 Å². The summed E-state index contributed by atoms with van der Waals surface area (Å²) >= 11 is 0. The molecule has 2 nitrogen and oxygen atoms in total. The summed E-state index contributed by atoms with van der Waals surface area (Å²) in [6.45, 7) is 0. The number of hydrogen-bond acceptors (Lipinski definition) is 1. The topological polar surface area (TPSA) is 28.7 Å². The lowest BCUT2D eigenvalue weighted by Crippen LogP contribution is -1.75. The molecule has 0 amide bonds. The summed E-state index contributed by atoms with van der Waals surface area (Å²) in [7, 11) is 0. The van der Waals surface area contributed by atoms with Crippen molar-refractivity contribution in [2.45, 2.75) is 0 Å². The van der Waals surface area contributed by atoms with Crippen LogP contribution in [0.25, 0.3) is 21.9 Å². The van der Waals surface area contributed by atoms with E-state index in [2.05, 4.69) is 22.1 Å². The minimum atomic E-state index is 1.22. The maximum absolute atomic E-state index is 4.12. The number of rotatable bonds is 0. The molecule has 1 aliphatic carbocycles. The van der Waals surface area contributed by atoms with Crippen LogP contribution in [0, 0.1) is 0 Å². The number of fused-ring (bicyclic) bond motifs is 3. The van der Waals surface area contributed by atoms with E-state index >= 15 is 0 Å². The van der Waals surface area contributed by atoms with Crippen LogP contribution < -0.4 is 0 Å². The summed E-state index contributed by atoms with van der Waals surface area (Å²) < 4.78 is 0. The molecule has 0 aromatic carbocycles. The molecule has 0 saturated heterocycles. The van der Waals surface area contributed by atoms with E-state index in [1.165, 1.54) is 21.9 Å². The fraction of sp³-hybridized carbons (Fsp3) is 0. The molecule has 1 aliphatic heterocycles. The predicted octanol–water partition coefficient (Wildman–Crippen LogP) is 2.67. The van der Waals surface area contributed by atoms with Crippen LogP contribution in [-0.4, -0.2) is 9.97 Å². The van der Waals surface area contributed by atoms with E-state index in [-0.39, 0.29) is 0 Å². The lowest BCUT2D eigenvalue weighted by Gasteiger charge is -1.96. The van der Waals surface area contributed by atoms with E-state index in [1.807, 2.05) is 30.9 Å². The molecule has 3 rings (SSSR count). The highest BCUT2D eigenvalue weighted by atomic mass is 14.6. The molecule has 0 radical (unpaired) electrons. The number of pyridine rings is 2. The molecule has 2 heteroatoms. The monoisotopic (exact) mass is 168 g/mol. The predicted molar refractivity (Wildman–Crippen MR) is 52.7 cm³/mol. The number of aromatic amines is 1. The van der Waals surface area contributed by atoms with Gasteiger partial charge in [-0.2, -0.15) is 0 Å². The van der Waals surface area contributed by atoms with Crippen LogP contribution in [0.3, 0.4) is 0 Å². The highest BCUT2D eigenvalue weighted by Gasteiger charge is 2.07. The zero-order valence-electron chi connectivity index (χ0n) is 6.99. The zero-order chi connectivity index (χ0) is 8.67. The first-order valence-electron chi connectivity index (χ1n) is 4.24. The van der Waals surface area contributed by atoms with E-state index in [0.717, 1.165) is 0 Å². The van der Waals surface area contributed by atoms with Gasteiger partial charge in [0.05, 0.1) is 0 Å². The fourth-order valence-corrected chi connectivity index (χ4v) is 1.73. The number of nitrogens with zero attached hydrogens (tertiary/aromatic N) is 1. The molecule has 0 fully saturated rings.